The Morgan fingerprint density at radius 1 is 1.38 bits per heavy atom. The Morgan fingerprint density at radius 3 is 2.81 bits per heavy atom. The molecule has 2 heterocycles. The molecule has 3 rings (SSSR count). The predicted octanol–water partition coefficient (Wildman–Crippen LogP) is 3.13. The van der Waals surface area contributed by atoms with Crippen molar-refractivity contribution in [2.45, 2.75) is 39.0 Å². The Kier molecular flexibility index (Phi) is 3.01. The molecular formula is C16H19N3O2. The number of carboxylic acids is 1. The van der Waals surface area contributed by atoms with Crippen LogP contribution in [-0.4, -0.2) is 25.4 Å². The number of nitrogens with zero attached hydrogens (tertiary/aromatic N) is 2. The highest BCUT2D eigenvalue weighted by Crippen LogP contribution is 2.30. The molecule has 3 aromatic rings. The van der Waals surface area contributed by atoms with Crippen molar-refractivity contribution in [3.63, 3.8) is 0 Å². The highest BCUT2D eigenvalue weighted by molar-refractivity contribution is 5.83. The molecule has 0 saturated heterocycles. The van der Waals surface area contributed by atoms with E-state index >= 15 is 0 Å². The van der Waals surface area contributed by atoms with Crippen LogP contribution in [0, 0.1) is 0 Å². The van der Waals surface area contributed by atoms with Gasteiger partial charge < -0.3 is 10.1 Å². The number of carbonyl (C=O) groups is 1. The van der Waals surface area contributed by atoms with Crippen LogP contribution in [0.15, 0.2) is 24.4 Å². The number of hydrogen-bond donors (Lipinski definition) is 2. The Morgan fingerprint density at radius 2 is 2.14 bits per heavy atom. The van der Waals surface area contributed by atoms with Crippen molar-refractivity contribution < 1.29 is 9.90 Å². The number of benzene rings is 1. The molecule has 0 spiro atoms. The van der Waals surface area contributed by atoms with Crippen molar-refractivity contribution in [2.75, 3.05) is 0 Å². The summed E-state index contributed by atoms with van der Waals surface area (Å²) in [7, 11) is 0. The molecule has 0 aliphatic rings. The summed E-state index contributed by atoms with van der Waals surface area (Å²) in [5, 5.41) is 8.76. The normalized spacial score (nSPS) is 12.3. The third-order valence-corrected chi connectivity index (χ3v) is 3.69. The fourth-order valence-electron chi connectivity index (χ4n) is 2.64. The molecule has 0 radical (unpaired) electrons. The molecule has 0 aliphatic heterocycles. The fraction of sp³-hybridized carbons (Fsp3) is 0.375. The summed E-state index contributed by atoms with van der Waals surface area (Å²) in [6, 6.07) is 6.19. The number of aryl methyl sites for hydroxylation is 1. The van der Waals surface area contributed by atoms with Crippen molar-refractivity contribution in [1.82, 2.24) is 14.4 Å². The Hall–Kier alpha value is -2.30. The minimum Gasteiger partial charge on any atom is -0.481 e. The van der Waals surface area contributed by atoms with E-state index in [1.165, 1.54) is 5.56 Å². The molecule has 5 nitrogen and oxygen atoms in total. The highest BCUT2D eigenvalue weighted by Gasteiger charge is 2.20. The van der Waals surface area contributed by atoms with Crippen molar-refractivity contribution in [3.8, 4) is 0 Å². The molecule has 110 valence electrons. The molecule has 0 amide bonds. The van der Waals surface area contributed by atoms with E-state index in [1.54, 1.807) is 0 Å². The smallest absolute Gasteiger partial charge is 0.303 e. The lowest BCUT2D eigenvalue weighted by molar-refractivity contribution is -0.136. The molecule has 21 heavy (non-hydrogen) atoms. The number of fused-ring (bicyclic) bond motifs is 3. The lowest BCUT2D eigenvalue weighted by Gasteiger charge is -2.19. The van der Waals surface area contributed by atoms with Gasteiger partial charge >= 0.3 is 5.97 Å². The number of aliphatic carboxylic acids is 1. The summed E-state index contributed by atoms with van der Waals surface area (Å²) in [4.78, 5) is 18.6. The van der Waals surface area contributed by atoms with E-state index in [0.29, 0.717) is 6.42 Å². The van der Waals surface area contributed by atoms with Crippen LogP contribution >= 0.6 is 0 Å². The molecule has 5 heteroatoms. The van der Waals surface area contributed by atoms with Crippen LogP contribution in [-0.2, 0) is 16.6 Å². The van der Waals surface area contributed by atoms with Crippen molar-refractivity contribution >= 4 is 22.8 Å². The first-order valence-electron chi connectivity index (χ1n) is 7.07. The first kappa shape index (κ1) is 13.7. The standard InChI is InChI=1S/C16H19N3O2/c1-16(2,3)11-5-4-6-12-14(11)18-15-17-10(9-19(12)15)7-8-13(20)21/h4-6,9H,7-8H2,1-3H3,(H,17,18)(H,20,21). The number of aromatic nitrogens is 3. The predicted molar refractivity (Wildman–Crippen MR) is 81.7 cm³/mol. The summed E-state index contributed by atoms with van der Waals surface area (Å²) < 4.78 is 2.00. The van der Waals surface area contributed by atoms with Crippen molar-refractivity contribution in [1.29, 1.82) is 0 Å². The number of imidazole rings is 2. The molecule has 0 saturated carbocycles. The van der Waals surface area contributed by atoms with E-state index in [9.17, 15) is 4.79 Å². The van der Waals surface area contributed by atoms with Gasteiger partial charge in [0.05, 0.1) is 17.5 Å². The fourth-order valence-corrected chi connectivity index (χ4v) is 2.64. The van der Waals surface area contributed by atoms with E-state index in [1.807, 2.05) is 22.7 Å². The van der Waals surface area contributed by atoms with Gasteiger partial charge in [-0.3, -0.25) is 9.20 Å². The van der Waals surface area contributed by atoms with Gasteiger partial charge in [-0.1, -0.05) is 32.9 Å². The number of nitrogens with one attached hydrogen (secondary N) is 1. The topological polar surface area (TPSA) is 70.4 Å². The Bertz CT molecular complexity index is 821. The quantitative estimate of drug-likeness (QED) is 0.776. The maximum atomic E-state index is 10.7. The van der Waals surface area contributed by atoms with Gasteiger partial charge in [0.25, 0.3) is 0 Å². The molecule has 2 aromatic heterocycles. The van der Waals surface area contributed by atoms with Gasteiger partial charge in [0, 0.05) is 11.9 Å². The van der Waals surface area contributed by atoms with E-state index in [2.05, 4.69) is 36.8 Å². The van der Waals surface area contributed by atoms with Gasteiger partial charge in [-0.15, -0.1) is 0 Å². The lowest BCUT2D eigenvalue weighted by Crippen LogP contribution is -2.11. The van der Waals surface area contributed by atoms with Gasteiger partial charge in [0.1, 0.15) is 0 Å². The van der Waals surface area contributed by atoms with Crippen LogP contribution < -0.4 is 0 Å². The summed E-state index contributed by atoms with van der Waals surface area (Å²) >= 11 is 0. The number of H-pyrrole nitrogens is 1. The third kappa shape index (κ3) is 2.39. The van der Waals surface area contributed by atoms with E-state index in [0.717, 1.165) is 22.5 Å². The molecule has 2 N–H and O–H groups in total. The summed E-state index contributed by atoms with van der Waals surface area (Å²) in [5.74, 6) is -0.0239. The zero-order valence-corrected chi connectivity index (χ0v) is 12.5. The number of hydrogen-bond acceptors (Lipinski definition) is 2. The van der Waals surface area contributed by atoms with E-state index in [4.69, 9.17) is 5.11 Å². The molecule has 0 fully saturated rings. The summed E-state index contributed by atoms with van der Waals surface area (Å²) in [6.45, 7) is 6.52. The van der Waals surface area contributed by atoms with Gasteiger partial charge in [0.15, 0.2) is 0 Å². The first-order valence-corrected chi connectivity index (χ1v) is 7.07. The van der Waals surface area contributed by atoms with Crippen LogP contribution in [0.1, 0.15) is 38.4 Å². The average Bonchev–Trinajstić information content (AvgIpc) is 2.91. The SMILES string of the molecule is CC(C)(C)c1cccc2c1nc1[nH]c(CCC(=O)O)cn12. The zero-order chi connectivity index (χ0) is 15.2. The molecule has 0 aliphatic carbocycles. The van der Waals surface area contributed by atoms with Gasteiger partial charge in [0.2, 0.25) is 5.78 Å². The largest absolute Gasteiger partial charge is 0.481 e. The number of para-hydroxylation sites is 1. The van der Waals surface area contributed by atoms with Crippen molar-refractivity contribution in [3.05, 3.63) is 35.7 Å². The van der Waals surface area contributed by atoms with E-state index in [-0.39, 0.29) is 11.8 Å². The minimum atomic E-state index is -0.790. The molecule has 1 aromatic carbocycles. The highest BCUT2D eigenvalue weighted by atomic mass is 16.4. The van der Waals surface area contributed by atoms with Crippen molar-refractivity contribution in [2.24, 2.45) is 0 Å². The third-order valence-electron chi connectivity index (χ3n) is 3.69. The minimum absolute atomic E-state index is 0.0328. The average molecular weight is 285 g/mol. The van der Waals surface area contributed by atoms with Crippen LogP contribution in [0.3, 0.4) is 0 Å². The summed E-state index contributed by atoms with van der Waals surface area (Å²) in [5.41, 5.74) is 4.19. The summed E-state index contributed by atoms with van der Waals surface area (Å²) in [6.07, 6.45) is 2.55. The zero-order valence-electron chi connectivity index (χ0n) is 12.5. The Labute approximate surface area is 122 Å². The second-order valence-electron chi connectivity index (χ2n) is 6.40. The maximum Gasteiger partial charge on any atom is 0.303 e. The molecular weight excluding hydrogens is 266 g/mol. The second kappa shape index (κ2) is 4.62. The molecule has 0 unspecified atom stereocenters. The van der Waals surface area contributed by atoms with Gasteiger partial charge in [-0.05, 0) is 23.5 Å². The maximum absolute atomic E-state index is 10.7. The Balaban J connectivity index is 2.11. The van der Waals surface area contributed by atoms with Crippen LogP contribution in [0.25, 0.3) is 16.8 Å². The second-order valence-corrected chi connectivity index (χ2v) is 6.40. The van der Waals surface area contributed by atoms with Gasteiger partial charge in [-0.2, -0.15) is 0 Å². The van der Waals surface area contributed by atoms with Crippen LogP contribution in [0.5, 0.6) is 0 Å². The molecule has 0 bridgehead atoms. The van der Waals surface area contributed by atoms with Crippen LogP contribution in [0.2, 0.25) is 0 Å². The first-order chi connectivity index (χ1) is 9.86. The number of rotatable bonds is 3. The van der Waals surface area contributed by atoms with Gasteiger partial charge in [-0.25, -0.2) is 4.98 Å². The van der Waals surface area contributed by atoms with Crippen LogP contribution in [0.4, 0.5) is 0 Å². The lowest BCUT2D eigenvalue weighted by atomic mass is 9.86. The number of carboxylic acid groups (broad SMARTS) is 1. The monoisotopic (exact) mass is 285 g/mol. The number of aromatic amines is 1. The van der Waals surface area contributed by atoms with E-state index < -0.39 is 5.97 Å². The molecule has 0 atom stereocenters.